The molecule has 0 bridgehead atoms. The SMILES string of the molecule is CCNC(=NCC(C)N1CCOCC1)NCCc1ccccc1Cl. The minimum absolute atomic E-state index is 0.424. The monoisotopic (exact) mass is 352 g/mol. The van der Waals surface area contributed by atoms with Crippen LogP contribution >= 0.6 is 11.6 Å². The van der Waals surface area contributed by atoms with Crippen LogP contribution in [0.5, 0.6) is 0 Å². The van der Waals surface area contributed by atoms with E-state index in [1.54, 1.807) is 0 Å². The van der Waals surface area contributed by atoms with Crippen LogP contribution in [0.15, 0.2) is 29.3 Å². The molecule has 1 aromatic rings. The first-order valence-corrected chi connectivity index (χ1v) is 9.16. The van der Waals surface area contributed by atoms with Crippen LogP contribution in [0.3, 0.4) is 0 Å². The summed E-state index contributed by atoms with van der Waals surface area (Å²) in [6, 6.07) is 8.39. The molecule has 2 rings (SSSR count). The molecule has 5 nitrogen and oxygen atoms in total. The van der Waals surface area contributed by atoms with Crippen LogP contribution in [0.1, 0.15) is 19.4 Å². The van der Waals surface area contributed by atoms with Gasteiger partial charge in [-0.05, 0) is 31.9 Å². The molecule has 0 spiro atoms. The zero-order valence-corrected chi connectivity index (χ0v) is 15.5. The fraction of sp³-hybridized carbons (Fsp3) is 0.611. The Kier molecular flexibility index (Phi) is 8.36. The van der Waals surface area contributed by atoms with Crippen LogP contribution in [0.25, 0.3) is 0 Å². The molecule has 1 unspecified atom stereocenters. The van der Waals surface area contributed by atoms with E-state index in [1.165, 1.54) is 0 Å². The van der Waals surface area contributed by atoms with Gasteiger partial charge in [-0.1, -0.05) is 29.8 Å². The fourth-order valence-electron chi connectivity index (χ4n) is 2.72. The molecule has 1 aromatic carbocycles. The first-order valence-electron chi connectivity index (χ1n) is 8.78. The maximum absolute atomic E-state index is 6.20. The minimum Gasteiger partial charge on any atom is -0.379 e. The predicted molar refractivity (Wildman–Crippen MR) is 101 cm³/mol. The first kappa shape index (κ1) is 19.0. The highest BCUT2D eigenvalue weighted by Gasteiger charge is 2.16. The smallest absolute Gasteiger partial charge is 0.191 e. The molecule has 0 aliphatic carbocycles. The van der Waals surface area contributed by atoms with Crippen LogP contribution in [0, 0.1) is 0 Å². The Morgan fingerprint density at radius 2 is 2.04 bits per heavy atom. The van der Waals surface area contributed by atoms with Crippen LogP contribution in [0.2, 0.25) is 5.02 Å². The fourth-order valence-corrected chi connectivity index (χ4v) is 2.95. The van der Waals surface area contributed by atoms with Crippen molar-refractivity contribution >= 4 is 17.6 Å². The second-order valence-corrected chi connectivity index (χ2v) is 6.39. The topological polar surface area (TPSA) is 48.9 Å². The summed E-state index contributed by atoms with van der Waals surface area (Å²) in [5.74, 6) is 0.865. The molecule has 0 aromatic heterocycles. The van der Waals surface area contributed by atoms with Gasteiger partial charge in [-0.15, -0.1) is 0 Å². The van der Waals surface area contributed by atoms with Crippen LogP contribution in [-0.4, -0.2) is 62.8 Å². The van der Waals surface area contributed by atoms with E-state index < -0.39 is 0 Å². The minimum atomic E-state index is 0.424. The lowest BCUT2D eigenvalue weighted by atomic mass is 10.1. The van der Waals surface area contributed by atoms with E-state index in [2.05, 4.69) is 35.4 Å². The molecule has 1 aliphatic heterocycles. The van der Waals surface area contributed by atoms with Gasteiger partial charge in [-0.2, -0.15) is 0 Å². The van der Waals surface area contributed by atoms with Gasteiger partial charge < -0.3 is 15.4 Å². The number of hydrogen-bond acceptors (Lipinski definition) is 3. The Balaban J connectivity index is 1.80. The van der Waals surface area contributed by atoms with Gasteiger partial charge in [0.05, 0.1) is 19.8 Å². The molecule has 1 heterocycles. The van der Waals surface area contributed by atoms with Crippen LogP contribution in [0.4, 0.5) is 0 Å². The van der Waals surface area contributed by atoms with Gasteiger partial charge in [0.15, 0.2) is 5.96 Å². The van der Waals surface area contributed by atoms with Crippen molar-refractivity contribution in [3.63, 3.8) is 0 Å². The van der Waals surface area contributed by atoms with Gasteiger partial charge in [-0.25, -0.2) is 0 Å². The van der Waals surface area contributed by atoms with E-state index >= 15 is 0 Å². The van der Waals surface area contributed by atoms with Crippen LogP contribution in [-0.2, 0) is 11.2 Å². The van der Waals surface area contributed by atoms with Crippen molar-refractivity contribution in [2.75, 3.05) is 45.9 Å². The molecule has 6 heteroatoms. The average Bonchev–Trinajstić information content (AvgIpc) is 2.61. The van der Waals surface area contributed by atoms with Crippen molar-refractivity contribution in [1.82, 2.24) is 15.5 Å². The quantitative estimate of drug-likeness (QED) is 0.583. The van der Waals surface area contributed by atoms with Crippen molar-refractivity contribution in [2.45, 2.75) is 26.3 Å². The Hall–Kier alpha value is -1.30. The summed E-state index contributed by atoms with van der Waals surface area (Å²) in [5, 5.41) is 7.52. The highest BCUT2D eigenvalue weighted by molar-refractivity contribution is 6.31. The largest absolute Gasteiger partial charge is 0.379 e. The summed E-state index contributed by atoms with van der Waals surface area (Å²) < 4.78 is 5.41. The maximum Gasteiger partial charge on any atom is 0.191 e. The summed E-state index contributed by atoms with van der Waals surface area (Å²) >= 11 is 6.20. The van der Waals surface area contributed by atoms with E-state index in [9.17, 15) is 0 Å². The Morgan fingerprint density at radius 1 is 1.29 bits per heavy atom. The van der Waals surface area contributed by atoms with Crippen molar-refractivity contribution in [3.8, 4) is 0 Å². The van der Waals surface area contributed by atoms with E-state index in [4.69, 9.17) is 21.3 Å². The molecule has 2 N–H and O–H groups in total. The van der Waals surface area contributed by atoms with Gasteiger partial charge in [-0.3, -0.25) is 9.89 Å². The van der Waals surface area contributed by atoms with Crippen molar-refractivity contribution in [2.24, 2.45) is 4.99 Å². The second-order valence-electron chi connectivity index (χ2n) is 5.99. The third kappa shape index (κ3) is 6.30. The van der Waals surface area contributed by atoms with Crippen molar-refractivity contribution in [1.29, 1.82) is 0 Å². The molecule has 1 atom stereocenters. The van der Waals surface area contributed by atoms with Crippen molar-refractivity contribution < 1.29 is 4.74 Å². The summed E-state index contributed by atoms with van der Waals surface area (Å²) in [5.41, 5.74) is 1.16. The molecule has 1 aliphatic rings. The van der Waals surface area contributed by atoms with E-state index in [-0.39, 0.29) is 0 Å². The Morgan fingerprint density at radius 3 is 2.75 bits per heavy atom. The van der Waals surface area contributed by atoms with Gasteiger partial charge in [0.1, 0.15) is 0 Å². The molecule has 0 amide bonds. The predicted octanol–water partition coefficient (Wildman–Crippen LogP) is 2.16. The molecule has 0 saturated carbocycles. The normalized spacial score (nSPS) is 17.5. The number of nitrogens with one attached hydrogen (secondary N) is 2. The number of aliphatic imine (C=N–C) groups is 1. The van der Waals surface area contributed by atoms with E-state index in [0.717, 1.165) is 68.9 Å². The third-order valence-corrected chi connectivity index (χ3v) is 4.54. The average molecular weight is 353 g/mol. The lowest BCUT2D eigenvalue weighted by molar-refractivity contribution is 0.0220. The van der Waals surface area contributed by atoms with Gasteiger partial charge in [0, 0.05) is 37.2 Å². The van der Waals surface area contributed by atoms with E-state index in [1.807, 2.05) is 18.2 Å². The summed E-state index contributed by atoms with van der Waals surface area (Å²) in [6.07, 6.45) is 0.878. The standard InChI is InChI=1S/C18H29ClN4O/c1-3-20-18(21-9-8-16-6-4-5-7-17(16)19)22-14-15(2)23-10-12-24-13-11-23/h4-7,15H,3,8-14H2,1-2H3,(H2,20,21,22). The maximum atomic E-state index is 6.20. The molecule has 1 saturated heterocycles. The third-order valence-electron chi connectivity index (χ3n) is 4.17. The summed E-state index contributed by atoms with van der Waals surface area (Å²) in [6.45, 7) is 10.4. The summed E-state index contributed by atoms with van der Waals surface area (Å²) in [4.78, 5) is 7.15. The van der Waals surface area contributed by atoms with Crippen LogP contribution < -0.4 is 10.6 Å². The molecule has 24 heavy (non-hydrogen) atoms. The molecule has 134 valence electrons. The highest BCUT2D eigenvalue weighted by atomic mass is 35.5. The summed E-state index contributed by atoms with van der Waals surface area (Å²) in [7, 11) is 0. The lowest BCUT2D eigenvalue weighted by Gasteiger charge is -2.31. The lowest BCUT2D eigenvalue weighted by Crippen LogP contribution is -2.44. The second kappa shape index (κ2) is 10.5. The molecule has 0 radical (unpaired) electrons. The van der Waals surface area contributed by atoms with Gasteiger partial charge in [0.25, 0.3) is 0 Å². The van der Waals surface area contributed by atoms with Crippen molar-refractivity contribution in [3.05, 3.63) is 34.9 Å². The number of guanidine groups is 1. The number of morpholine rings is 1. The Labute approximate surface area is 150 Å². The number of halogens is 1. The zero-order chi connectivity index (χ0) is 17.2. The first-order chi connectivity index (χ1) is 11.7. The number of hydrogen-bond donors (Lipinski definition) is 2. The van der Waals surface area contributed by atoms with E-state index in [0.29, 0.717) is 6.04 Å². The number of nitrogens with zero attached hydrogens (tertiary/aromatic N) is 2. The molecule has 1 fully saturated rings. The number of rotatable bonds is 7. The molecular weight excluding hydrogens is 324 g/mol. The number of ether oxygens (including phenoxy) is 1. The van der Waals surface area contributed by atoms with Gasteiger partial charge in [0.2, 0.25) is 0 Å². The Bertz CT molecular complexity index is 517. The zero-order valence-electron chi connectivity index (χ0n) is 14.7. The highest BCUT2D eigenvalue weighted by Crippen LogP contribution is 2.14. The van der Waals surface area contributed by atoms with Gasteiger partial charge >= 0.3 is 0 Å². The number of benzene rings is 1. The molecular formula is C18H29ClN4O.